The summed E-state index contributed by atoms with van der Waals surface area (Å²) in [6, 6.07) is 23.9. The van der Waals surface area contributed by atoms with Crippen LogP contribution >= 0.6 is 15.9 Å². The lowest BCUT2D eigenvalue weighted by Crippen LogP contribution is -1.94. The van der Waals surface area contributed by atoms with Crippen LogP contribution in [0.15, 0.2) is 89.4 Å². The van der Waals surface area contributed by atoms with Gasteiger partial charge in [-0.1, -0.05) is 82.7 Å². The molecule has 0 N–H and O–H groups in total. The van der Waals surface area contributed by atoms with Gasteiger partial charge >= 0.3 is 0 Å². The van der Waals surface area contributed by atoms with Gasteiger partial charge in [-0.15, -0.1) is 0 Å². The van der Waals surface area contributed by atoms with Crippen LogP contribution in [-0.2, 0) is 0 Å². The van der Waals surface area contributed by atoms with Crippen LogP contribution in [0.3, 0.4) is 0 Å². The van der Waals surface area contributed by atoms with E-state index >= 15 is 0 Å². The first-order valence-corrected chi connectivity index (χ1v) is 8.57. The van der Waals surface area contributed by atoms with E-state index in [2.05, 4.69) is 15.9 Å². The van der Waals surface area contributed by atoms with Crippen molar-refractivity contribution < 1.29 is 4.79 Å². The Bertz CT molecular complexity index is 932. The molecule has 3 aromatic carbocycles. The molecule has 0 bridgehead atoms. The van der Waals surface area contributed by atoms with Crippen LogP contribution < -0.4 is 0 Å². The summed E-state index contributed by atoms with van der Waals surface area (Å²) in [5, 5.41) is 2.21. The number of rotatable bonds is 4. The summed E-state index contributed by atoms with van der Waals surface area (Å²) >= 11 is 3.53. The molecule has 0 aromatic heterocycles. The highest BCUT2D eigenvalue weighted by Gasteiger charge is 2.05. The maximum Gasteiger partial charge on any atom is 0.185 e. The molecule has 3 rings (SSSR count). The smallest absolute Gasteiger partial charge is 0.185 e. The van der Waals surface area contributed by atoms with Gasteiger partial charge in [0, 0.05) is 5.56 Å². The molecule has 0 heterocycles. The van der Waals surface area contributed by atoms with Crippen molar-refractivity contribution >= 4 is 38.1 Å². The van der Waals surface area contributed by atoms with E-state index in [-0.39, 0.29) is 5.78 Å². The number of hydrogen-bond acceptors (Lipinski definition) is 1. The Balaban J connectivity index is 1.89. The second-order valence-corrected chi connectivity index (χ2v) is 6.76. The number of carbonyl (C=O) groups is 1. The van der Waals surface area contributed by atoms with Crippen LogP contribution in [0, 0.1) is 0 Å². The van der Waals surface area contributed by atoms with Crippen LogP contribution in [0.1, 0.15) is 22.8 Å². The molecule has 0 amide bonds. The Labute approximate surface area is 150 Å². The monoisotopic (exact) mass is 376 g/mol. The fourth-order valence-corrected chi connectivity index (χ4v) is 2.99. The maximum absolute atomic E-state index is 12.5. The van der Waals surface area contributed by atoms with Crippen molar-refractivity contribution in [2.24, 2.45) is 0 Å². The van der Waals surface area contributed by atoms with Crippen LogP contribution in [0.2, 0.25) is 0 Å². The van der Waals surface area contributed by atoms with Crippen LogP contribution in [-0.4, -0.2) is 5.78 Å². The molecule has 1 nitrogen and oxygen atoms in total. The van der Waals surface area contributed by atoms with Crippen molar-refractivity contribution in [3.63, 3.8) is 0 Å². The summed E-state index contributed by atoms with van der Waals surface area (Å²) in [6.07, 6.45) is 3.51. The second kappa shape index (κ2) is 7.41. The number of hydrogen-bond donors (Lipinski definition) is 0. The molecule has 0 unspecified atom stereocenters. The van der Waals surface area contributed by atoms with E-state index in [0.717, 1.165) is 26.4 Å². The number of ketones is 1. The summed E-state index contributed by atoms with van der Waals surface area (Å²) in [6.45, 7) is 1.98. The zero-order valence-corrected chi connectivity index (χ0v) is 15.0. The SMILES string of the molecule is C/C(Br)=C(/C=C/C(=O)c1ccc2ccccc2c1)c1ccccc1. The van der Waals surface area contributed by atoms with Gasteiger partial charge < -0.3 is 0 Å². The van der Waals surface area contributed by atoms with Gasteiger partial charge in [-0.05, 0) is 51.5 Å². The number of carbonyl (C=O) groups excluding carboxylic acids is 1. The maximum atomic E-state index is 12.5. The third kappa shape index (κ3) is 3.72. The molecule has 0 spiro atoms. The molecule has 0 aliphatic heterocycles. The summed E-state index contributed by atoms with van der Waals surface area (Å²) in [5.74, 6) is 0.00272. The average Bonchev–Trinajstić information content (AvgIpc) is 2.62. The highest BCUT2D eigenvalue weighted by atomic mass is 79.9. The molecule has 0 radical (unpaired) electrons. The Kier molecular flexibility index (Phi) is 5.07. The van der Waals surface area contributed by atoms with Crippen molar-refractivity contribution in [2.45, 2.75) is 6.92 Å². The molecule has 0 atom stereocenters. The predicted molar refractivity (Wildman–Crippen MR) is 105 cm³/mol. The van der Waals surface area contributed by atoms with Gasteiger partial charge in [0.05, 0.1) is 0 Å². The standard InChI is InChI=1S/C22H17BrO/c1-16(23)21(18-8-3-2-4-9-18)13-14-22(24)20-12-11-17-7-5-6-10-19(17)15-20/h2-15H,1H3/b14-13+,21-16+. The van der Waals surface area contributed by atoms with Crippen molar-refractivity contribution in [3.8, 4) is 0 Å². The first-order valence-electron chi connectivity index (χ1n) is 7.78. The van der Waals surface area contributed by atoms with Crippen LogP contribution in [0.5, 0.6) is 0 Å². The van der Waals surface area contributed by atoms with Crippen LogP contribution in [0.4, 0.5) is 0 Å². The number of fused-ring (bicyclic) bond motifs is 1. The van der Waals surface area contributed by atoms with Crippen molar-refractivity contribution in [3.05, 3.63) is 101 Å². The molecule has 118 valence electrons. The highest BCUT2D eigenvalue weighted by molar-refractivity contribution is 9.11. The van der Waals surface area contributed by atoms with Gasteiger partial charge in [-0.2, -0.15) is 0 Å². The molecule has 0 fully saturated rings. The van der Waals surface area contributed by atoms with E-state index < -0.39 is 0 Å². The van der Waals surface area contributed by atoms with Crippen LogP contribution in [0.25, 0.3) is 16.3 Å². The lowest BCUT2D eigenvalue weighted by molar-refractivity contribution is 0.104. The molecule has 24 heavy (non-hydrogen) atoms. The molecule has 0 aliphatic carbocycles. The van der Waals surface area contributed by atoms with E-state index in [9.17, 15) is 4.79 Å². The average molecular weight is 377 g/mol. The lowest BCUT2D eigenvalue weighted by atomic mass is 10.0. The molecule has 3 aromatic rings. The van der Waals surface area contributed by atoms with E-state index in [1.165, 1.54) is 0 Å². The van der Waals surface area contributed by atoms with Crippen molar-refractivity contribution in [1.82, 2.24) is 0 Å². The summed E-state index contributed by atoms with van der Waals surface area (Å²) in [4.78, 5) is 12.5. The van der Waals surface area contributed by atoms with E-state index in [0.29, 0.717) is 5.56 Å². The first kappa shape index (κ1) is 16.4. The van der Waals surface area contributed by atoms with Crippen molar-refractivity contribution in [2.75, 3.05) is 0 Å². The Morgan fingerprint density at radius 2 is 1.46 bits per heavy atom. The first-order chi connectivity index (χ1) is 11.6. The van der Waals surface area contributed by atoms with Gasteiger partial charge in [0.15, 0.2) is 5.78 Å². The molecule has 0 aliphatic rings. The minimum Gasteiger partial charge on any atom is -0.289 e. The topological polar surface area (TPSA) is 17.1 Å². The second-order valence-electron chi connectivity index (χ2n) is 5.57. The fourth-order valence-electron chi connectivity index (χ4n) is 2.63. The summed E-state index contributed by atoms with van der Waals surface area (Å²) in [7, 11) is 0. The zero-order valence-electron chi connectivity index (χ0n) is 13.4. The molecular weight excluding hydrogens is 360 g/mol. The number of benzene rings is 3. The number of allylic oxidation sites excluding steroid dienone is 4. The molecular formula is C22H17BrO. The third-order valence-corrected chi connectivity index (χ3v) is 4.32. The quantitative estimate of drug-likeness (QED) is 0.292. The number of halogens is 1. The minimum atomic E-state index is 0.00272. The lowest BCUT2D eigenvalue weighted by Gasteiger charge is -2.04. The molecule has 0 saturated carbocycles. The van der Waals surface area contributed by atoms with Gasteiger partial charge in [0.2, 0.25) is 0 Å². The van der Waals surface area contributed by atoms with Gasteiger partial charge in [0.1, 0.15) is 0 Å². The predicted octanol–water partition coefficient (Wildman–Crippen LogP) is 6.40. The Hall–Kier alpha value is -2.45. The van der Waals surface area contributed by atoms with Gasteiger partial charge in [-0.3, -0.25) is 4.79 Å². The summed E-state index contributed by atoms with van der Waals surface area (Å²) in [5.41, 5.74) is 2.78. The van der Waals surface area contributed by atoms with E-state index in [4.69, 9.17) is 0 Å². The molecule has 2 heteroatoms. The van der Waals surface area contributed by atoms with E-state index in [1.54, 1.807) is 6.08 Å². The van der Waals surface area contributed by atoms with Gasteiger partial charge in [0.25, 0.3) is 0 Å². The summed E-state index contributed by atoms with van der Waals surface area (Å²) < 4.78 is 0.997. The molecule has 0 saturated heterocycles. The van der Waals surface area contributed by atoms with E-state index in [1.807, 2.05) is 85.8 Å². The van der Waals surface area contributed by atoms with Crippen molar-refractivity contribution in [1.29, 1.82) is 0 Å². The normalized spacial score (nSPS) is 12.4. The Morgan fingerprint density at radius 1 is 0.792 bits per heavy atom. The largest absolute Gasteiger partial charge is 0.289 e. The Morgan fingerprint density at radius 3 is 2.17 bits per heavy atom. The minimum absolute atomic E-state index is 0.00272. The zero-order chi connectivity index (χ0) is 16.9. The van der Waals surface area contributed by atoms with Gasteiger partial charge in [-0.25, -0.2) is 0 Å². The fraction of sp³-hybridized carbons (Fsp3) is 0.0455. The highest BCUT2D eigenvalue weighted by Crippen LogP contribution is 2.24. The third-order valence-electron chi connectivity index (χ3n) is 3.89.